The summed E-state index contributed by atoms with van der Waals surface area (Å²) in [6.45, 7) is 10.6. The number of pyridine rings is 1. The number of nitrogens with zero attached hydrogens (tertiary/aromatic N) is 4. The van der Waals surface area contributed by atoms with E-state index in [1.54, 1.807) is 0 Å². The number of amides is 1. The van der Waals surface area contributed by atoms with E-state index < -0.39 is 0 Å². The molecule has 39 heavy (non-hydrogen) atoms. The van der Waals surface area contributed by atoms with Crippen molar-refractivity contribution in [3.8, 4) is 0 Å². The summed E-state index contributed by atoms with van der Waals surface area (Å²) in [5.41, 5.74) is 5.45. The van der Waals surface area contributed by atoms with Gasteiger partial charge >= 0.3 is 0 Å². The second kappa shape index (κ2) is 12.7. The van der Waals surface area contributed by atoms with Crippen molar-refractivity contribution >= 4 is 28.9 Å². The van der Waals surface area contributed by atoms with E-state index in [1.807, 2.05) is 54.7 Å². The molecule has 0 aliphatic carbocycles. The number of anilines is 1. The predicted molar refractivity (Wildman–Crippen MR) is 158 cm³/mol. The average Bonchev–Trinajstić information content (AvgIpc) is 3.43. The summed E-state index contributed by atoms with van der Waals surface area (Å²) in [4.78, 5) is 22.1. The lowest BCUT2D eigenvalue weighted by Crippen LogP contribution is -2.37. The number of rotatable bonds is 10. The normalized spacial score (nSPS) is 19.7. The zero-order valence-corrected chi connectivity index (χ0v) is 23.6. The van der Waals surface area contributed by atoms with Crippen LogP contribution in [0.4, 0.5) is 5.69 Å². The number of aromatic nitrogens is 2. The molecule has 2 fully saturated rings. The summed E-state index contributed by atoms with van der Waals surface area (Å²) in [5.74, 6) is -0.0300. The van der Waals surface area contributed by atoms with Gasteiger partial charge in [0.15, 0.2) is 5.11 Å². The number of carbonyl (C=O) groups excluding carboxylic acids is 1. The molecule has 1 aromatic carbocycles. The van der Waals surface area contributed by atoms with Gasteiger partial charge in [0.2, 0.25) is 5.91 Å². The molecule has 9 heteroatoms. The molecule has 4 heterocycles. The second-order valence-corrected chi connectivity index (χ2v) is 10.7. The quantitative estimate of drug-likeness (QED) is 0.369. The molecule has 0 unspecified atom stereocenters. The summed E-state index contributed by atoms with van der Waals surface area (Å²) in [6.07, 6.45) is 3.24. The minimum absolute atomic E-state index is 0.0300. The monoisotopic (exact) mass is 546 g/mol. The molecule has 0 bridgehead atoms. The van der Waals surface area contributed by atoms with Crippen molar-refractivity contribution in [3.63, 3.8) is 0 Å². The van der Waals surface area contributed by atoms with E-state index in [-0.39, 0.29) is 18.0 Å². The molecule has 3 aromatic rings. The van der Waals surface area contributed by atoms with Crippen molar-refractivity contribution in [2.24, 2.45) is 0 Å². The van der Waals surface area contributed by atoms with Gasteiger partial charge in [0.1, 0.15) is 0 Å². The van der Waals surface area contributed by atoms with E-state index in [2.05, 4.69) is 49.9 Å². The Morgan fingerprint density at radius 2 is 1.85 bits per heavy atom. The molecule has 0 spiro atoms. The van der Waals surface area contributed by atoms with Crippen molar-refractivity contribution in [1.82, 2.24) is 24.7 Å². The molecule has 0 radical (unpaired) electrons. The first-order valence-corrected chi connectivity index (χ1v) is 14.2. The Hall–Kier alpha value is -3.27. The maximum absolute atomic E-state index is 12.8. The fourth-order valence-electron chi connectivity index (χ4n) is 5.70. The van der Waals surface area contributed by atoms with E-state index in [0.29, 0.717) is 18.1 Å². The van der Waals surface area contributed by atoms with Crippen LogP contribution in [0.25, 0.3) is 0 Å². The molecule has 5 rings (SSSR count). The fourth-order valence-corrected chi connectivity index (χ4v) is 6.03. The number of morpholine rings is 1. The molecule has 2 aliphatic rings. The van der Waals surface area contributed by atoms with Crippen LogP contribution >= 0.6 is 12.2 Å². The number of aryl methyl sites for hydroxylation is 1. The van der Waals surface area contributed by atoms with E-state index in [0.717, 1.165) is 57.2 Å². The summed E-state index contributed by atoms with van der Waals surface area (Å²) in [7, 11) is 0. The standard InChI is InChI=1S/C30H38N6O2S/c1-22-21-25(23(2)35(22)15-8-14-34-17-19-38-20-18-34)29-28(26-11-6-7-13-31-26)33-30(39)36(29)16-12-27(37)32-24-9-4-3-5-10-24/h3-7,9-11,13,21,28-29H,8,12,14-20H2,1-2H3,(H,32,37)(H,33,39)/t28-,29-/m0/s1. The first-order valence-electron chi connectivity index (χ1n) is 13.8. The van der Waals surface area contributed by atoms with Crippen LogP contribution in [0, 0.1) is 13.8 Å². The smallest absolute Gasteiger partial charge is 0.226 e. The highest BCUT2D eigenvalue weighted by Gasteiger charge is 2.41. The second-order valence-electron chi connectivity index (χ2n) is 10.3. The van der Waals surface area contributed by atoms with Crippen LogP contribution in [-0.4, -0.2) is 69.8 Å². The number of hydrogen-bond donors (Lipinski definition) is 2. The van der Waals surface area contributed by atoms with Gasteiger partial charge in [-0.2, -0.15) is 0 Å². The fraction of sp³-hybridized carbons (Fsp3) is 0.433. The number of benzene rings is 1. The van der Waals surface area contributed by atoms with E-state index in [9.17, 15) is 4.79 Å². The minimum Gasteiger partial charge on any atom is -0.379 e. The zero-order chi connectivity index (χ0) is 27.2. The highest BCUT2D eigenvalue weighted by atomic mass is 32.1. The summed E-state index contributed by atoms with van der Waals surface area (Å²) in [5, 5.41) is 7.17. The van der Waals surface area contributed by atoms with Crippen LogP contribution < -0.4 is 10.6 Å². The van der Waals surface area contributed by atoms with E-state index in [4.69, 9.17) is 17.0 Å². The van der Waals surface area contributed by atoms with E-state index in [1.165, 1.54) is 17.0 Å². The Labute approximate surface area is 236 Å². The van der Waals surface area contributed by atoms with Gasteiger partial charge in [-0.05, 0) is 68.4 Å². The van der Waals surface area contributed by atoms with Gasteiger partial charge in [0.05, 0.1) is 31.0 Å². The van der Waals surface area contributed by atoms with Crippen LogP contribution in [0.3, 0.4) is 0 Å². The number of para-hydroxylation sites is 1. The zero-order valence-electron chi connectivity index (χ0n) is 22.8. The molecule has 2 aromatic heterocycles. The van der Waals surface area contributed by atoms with Crippen LogP contribution in [0.15, 0.2) is 60.8 Å². The number of hydrogen-bond acceptors (Lipinski definition) is 5. The minimum atomic E-state index is -0.0989. The molecule has 1 amide bonds. The largest absolute Gasteiger partial charge is 0.379 e. The third-order valence-electron chi connectivity index (χ3n) is 7.73. The molecule has 2 saturated heterocycles. The maximum atomic E-state index is 12.8. The first kappa shape index (κ1) is 27.3. The van der Waals surface area contributed by atoms with Crippen LogP contribution in [0.2, 0.25) is 0 Å². The number of nitrogens with one attached hydrogen (secondary N) is 2. The van der Waals surface area contributed by atoms with Gasteiger partial charge in [-0.3, -0.25) is 14.7 Å². The average molecular weight is 547 g/mol. The molecule has 206 valence electrons. The van der Waals surface area contributed by atoms with Crippen LogP contribution in [0.5, 0.6) is 0 Å². The predicted octanol–water partition coefficient (Wildman–Crippen LogP) is 4.22. The van der Waals surface area contributed by atoms with Crippen LogP contribution in [-0.2, 0) is 16.1 Å². The highest BCUT2D eigenvalue weighted by Crippen LogP contribution is 2.41. The lowest BCUT2D eigenvalue weighted by Gasteiger charge is -2.28. The van der Waals surface area contributed by atoms with Crippen molar-refractivity contribution in [1.29, 1.82) is 0 Å². The van der Waals surface area contributed by atoms with Gasteiger partial charge < -0.3 is 24.8 Å². The van der Waals surface area contributed by atoms with Crippen LogP contribution in [0.1, 0.15) is 47.6 Å². The summed E-state index contributed by atoms with van der Waals surface area (Å²) >= 11 is 5.83. The Balaban J connectivity index is 1.34. The number of carbonyl (C=O) groups is 1. The lowest BCUT2D eigenvalue weighted by atomic mass is 9.96. The van der Waals surface area contributed by atoms with Gasteiger partial charge in [0.25, 0.3) is 0 Å². The Morgan fingerprint density at radius 3 is 2.59 bits per heavy atom. The first-order chi connectivity index (χ1) is 19.0. The third-order valence-corrected chi connectivity index (χ3v) is 8.08. The Morgan fingerprint density at radius 1 is 1.08 bits per heavy atom. The SMILES string of the molecule is Cc1cc([C@H]2[C@H](c3ccccn3)NC(=S)N2CCC(=O)Nc2ccccc2)c(C)n1CCCN1CCOCC1. The van der Waals surface area contributed by atoms with Crippen molar-refractivity contribution in [2.45, 2.75) is 45.3 Å². The number of ether oxygens (including phenoxy) is 1. The Kier molecular flexibility index (Phi) is 8.91. The van der Waals surface area contributed by atoms with Crippen molar-refractivity contribution in [2.75, 3.05) is 44.7 Å². The highest BCUT2D eigenvalue weighted by molar-refractivity contribution is 7.80. The van der Waals surface area contributed by atoms with Gasteiger partial charge in [0, 0.05) is 62.4 Å². The maximum Gasteiger partial charge on any atom is 0.226 e. The summed E-state index contributed by atoms with van der Waals surface area (Å²) < 4.78 is 7.92. The van der Waals surface area contributed by atoms with Crippen molar-refractivity contribution in [3.05, 3.63) is 83.4 Å². The molecule has 2 atom stereocenters. The van der Waals surface area contributed by atoms with Gasteiger partial charge in [-0.25, -0.2) is 0 Å². The topological polar surface area (TPSA) is 74.7 Å². The molecule has 2 aliphatic heterocycles. The lowest BCUT2D eigenvalue weighted by molar-refractivity contribution is -0.116. The molecule has 0 saturated carbocycles. The molecular formula is C30H38N6O2S. The third kappa shape index (κ3) is 6.49. The van der Waals surface area contributed by atoms with Crippen molar-refractivity contribution < 1.29 is 9.53 Å². The Bertz CT molecular complexity index is 1260. The van der Waals surface area contributed by atoms with Gasteiger partial charge in [-0.1, -0.05) is 24.3 Å². The molecule has 8 nitrogen and oxygen atoms in total. The summed E-state index contributed by atoms with van der Waals surface area (Å²) in [6, 6.07) is 17.7. The van der Waals surface area contributed by atoms with E-state index >= 15 is 0 Å². The molecule has 2 N–H and O–H groups in total. The number of thiocarbonyl (C=S) groups is 1. The van der Waals surface area contributed by atoms with Gasteiger partial charge in [-0.15, -0.1) is 0 Å². The molecular weight excluding hydrogens is 508 g/mol.